The van der Waals surface area contributed by atoms with Crippen molar-refractivity contribution in [1.29, 1.82) is 0 Å². The van der Waals surface area contributed by atoms with E-state index in [1.54, 1.807) is 46.6 Å². The molecule has 1 saturated heterocycles. The molecule has 1 unspecified atom stereocenters. The van der Waals surface area contributed by atoms with Gasteiger partial charge in [0.05, 0.1) is 11.4 Å². The Kier molecular flexibility index (Phi) is 5.83. The number of carbonyl (C=O) groups is 2. The molecule has 7 heteroatoms. The number of benzene rings is 2. The Balaban J connectivity index is 1.46. The van der Waals surface area contributed by atoms with Gasteiger partial charge in [0, 0.05) is 23.5 Å². The Morgan fingerprint density at radius 3 is 2.47 bits per heavy atom. The molecule has 1 fully saturated rings. The summed E-state index contributed by atoms with van der Waals surface area (Å²) in [5, 5.41) is 15.2. The Bertz CT molecular complexity index is 1040. The summed E-state index contributed by atoms with van der Waals surface area (Å²) in [6.07, 6.45) is 0.723. The highest BCUT2D eigenvalue weighted by molar-refractivity contribution is 7.13. The van der Waals surface area contributed by atoms with Crippen molar-refractivity contribution in [3.05, 3.63) is 71.1 Å². The topological polar surface area (TPSA) is 95.7 Å². The van der Waals surface area contributed by atoms with Crippen LogP contribution in [0.3, 0.4) is 0 Å². The second-order valence-electron chi connectivity index (χ2n) is 7.29. The number of thiophene rings is 1. The minimum Gasteiger partial charge on any atom is -0.397 e. The monoisotopic (exact) mass is 421 g/mol. The van der Waals surface area contributed by atoms with Gasteiger partial charge in [-0.25, -0.2) is 0 Å². The van der Waals surface area contributed by atoms with Gasteiger partial charge in [-0.05, 0) is 59.7 Å². The summed E-state index contributed by atoms with van der Waals surface area (Å²) in [5.74, 6) is -0.597. The number of amides is 2. The van der Waals surface area contributed by atoms with E-state index < -0.39 is 6.10 Å². The number of aliphatic hydroxyl groups is 1. The summed E-state index contributed by atoms with van der Waals surface area (Å²) in [4.78, 5) is 27.8. The van der Waals surface area contributed by atoms with Crippen LogP contribution in [-0.4, -0.2) is 34.9 Å². The summed E-state index contributed by atoms with van der Waals surface area (Å²) in [5.41, 5.74) is 8.93. The standard InChI is InChI=1S/C23H23N3O3S/c24-18-10-9-17(20-4-3-13-30-20)14-19(18)25-22(28)16-7-5-15(6-8-16)21(27)23(29)26-11-1-2-12-26/h3-10,13-14,21,27H,1-2,11-12,24H2,(H,25,28). The van der Waals surface area contributed by atoms with E-state index in [9.17, 15) is 14.7 Å². The van der Waals surface area contributed by atoms with Crippen molar-refractivity contribution in [3.8, 4) is 10.4 Å². The fraction of sp³-hybridized carbons (Fsp3) is 0.217. The smallest absolute Gasteiger partial charge is 0.256 e. The van der Waals surface area contributed by atoms with Gasteiger partial charge in [-0.3, -0.25) is 9.59 Å². The third-order valence-corrected chi connectivity index (χ3v) is 6.17. The molecule has 1 aliphatic heterocycles. The van der Waals surface area contributed by atoms with Crippen molar-refractivity contribution in [2.24, 2.45) is 0 Å². The number of likely N-dealkylation sites (tertiary alicyclic amines) is 1. The third-order valence-electron chi connectivity index (χ3n) is 5.25. The van der Waals surface area contributed by atoms with E-state index in [1.807, 2.05) is 29.6 Å². The number of nitrogen functional groups attached to an aromatic ring is 1. The molecule has 1 aliphatic rings. The number of nitrogens with one attached hydrogen (secondary N) is 1. The van der Waals surface area contributed by atoms with Gasteiger partial charge in [0.15, 0.2) is 6.10 Å². The number of nitrogens with two attached hydrogens (primary N) is 1. The first kappa shape index (κ1) is 20.1. The number of hydrogen-bond donors (Lipinski definition) is 3. The molecule has 1 aromatic heterocycles. The molecule has 6 nitrogen and oxygen atoms in total. The van der Waals surface area contributed by atoms with E-state index >= 15 is 0 Å². The minimum absolute atomic E-state index is 0.289. The van der Waals surface area contributed by atoms with Crippen LogP contribution in [0.2, 0.25) is 0 Å². The van der Waals surface area contributed by atoms with Crippen molar-refractivity contribution >= 4 is 34.5 Å². The zero-order chi connectivity index (χ0) is 21.1. The van der Waals surface area contributed by atoms with E-state index in [2.05, 4.69) is 5.32 Å². The largest absolute Gasteiger partial charge is 0.397 e. The molecule has 0 radical (unpaired) electrons. The van der Waals surface area contributed by atoms with Crippen LogP contribution in [0.1, 0.15) is 34.9 Å². The van der Waals surface area contributed by atoms with Crippen molar-refractivity contribution in [1.82, 2.24) is 4.90 Å². The molecule has 154 valence electrons. The van der Waals surface area contributed by atoms with Crippen LogP contribution in [0, 0.1) is 0 Å². The molecule has 0 bridgehead atoms. The molecule has 30 heavy (non-hydrogen) atoms. The van der Waals surface area contributed by atoms with Crippen LogP contribution in [0.4, 0.5) is 11.4 Å². The van der Waals surface area contributed by atoms with E-state index in [0.717, 1.165) is 23.3 Å². The van der Waals surface area contributed by atoms with Crippen LogP contribution in [0.5, 0.6) is 0 Å². The zero-order valence-corrected chi connectivity index (χ0v) is 17.2. The Hall–Kier alpha value is -3.16. The van der Waals surface area contributed by atoms with Crippen LogP contribution in [0.15, 0.2) is 60.0 Å². The van der Waals surface area contributed by atoms with Gasteiger partial charge in [0.2, 0.25) is 0 Å². The van der Waals surface area contributed by atoms with Crippen molar-refractivity contribution < 1.29 is 14.7 Å². The van der Waals surface area contributed by atoms with E-state index in [-0.39, 0.29) is 11.8 Å². The predicted molar refractivity (Wildman–Crippen MR) is 119 cm³/mol. The molecule has 4 N–H and O–H groups in total. The Morgan fingerprint density at radius 2 is 1.80 bits per heavy atom. The summed E-state index contributed by atoms with van der Waals surface area (Å²) in [7, 11) is 0. The van der Waals surface area contributed by atoms with Crippen molar-refractivity contribution in [2.45, 2.75) is 18.9 Å². The lowest BCUT2D eigenvalue weighted by molar-refractivity contribution is -0.139. The van der Waals surface area contributed by atoms with Gasteiger partial charge in [-0.15, -0.1) is 11.3 Å². The molecule has 4 rings (SSSR count). The molecule has 2 aromatic carbocycles. The van der Waals surface area contributed by atoms with Crippen LogP contribution >= 0.6 is 11.3 Å². The lowest BCUT2D eigenvalue weighted by Crippen LogP contribution is -2.32. The number of rotatable bonds is 5. The van der Waals surface area contributed by atoms with Crippen LogP contribution in [-0.2, 0) is 4.79 Å². The molecular weight excluding hydrogens is 398 g/mol. The fourth-order valence-corrected chi connectivity index (χ4v) is 4.25. The second-order valence-corrected chi connectivity index (χ2v) is 8.24. The van der Waals surface area contributed by atoms with Gasteiger partial charge in [0.25, 0.3) is 11.8 Å². The number of aliphatic hydroxyl groups excluding tert-OH is 1. The van der Waals surface area contributed by atoms with Gasteiger partial charge in [0.1, 0.15) is 0 Å². The highest BCUT2D eigenvalue weighted by Gasteiger charge is 2.26. The van der Waals surface area contributed by atoms with Gasteiger partial charge >= 0.3 is 0 Å². The number of hydrogen-bond acceptors (Lipinski definition) is 5. The number of anilines is 2. The molecule has 2 heterocycles. The van der Waals surface area contributed by atoms with Crippen LogP contribution < -0.4 is 11.1 Å². The lowest BCUT2D eigenvalue weighted by atomic mass is 10.1. The predicted octanol–water partition coefficient (Wildman–Crippen LogP) is 3.91. The highest BCUT2D eigenvalue weighted by atomic mass is 32.1. The summed E-state index contributed by atoms with van der Waals surface area (Å²) in [6.45, 7) is 1.37. The molecule has 0 spiro atoms. The molecule has 1 atom stereocenters. The average Bonchev–Trinajstić information content (AvgIpc) is 3.49. The fourth-order valence-electron chi connectivity index (χ4n) is 3.52. The summed E-state index contributed by atoms with van der Waals surface area (Å²) < 4.78 is 0. The first-order valence-electron chi connectivity index (χ1n) is 9.84. The first-order chi connectivity index (χ1) is 14.5. The zero-order valence-electron chi connectivity index (χ0n) is 16.4. The molecule has 3 aromatic rings. The van der Waals surface area contributed by atoms with Crippen LogP contribution in [0.25, 0.3) is 10.4 Å². The third kappa shape index (κ3) is 4.22. The van der Waals surface area contributed by atoms with E-state index in [4.69, 9.17) is 5.73 Å². The van der Waals surface area contributed by atoms with Gasteiger partial charge in [-0.2, -0.15) is 0 Å². The van der Waals surface area contributed by atoms with Gasteiger partial charge < -0.3 is 21.1 Å². The maximum absolute atomic E-state index is 12.7. The summed E-state index contributed by atoms with van der Waals surface area (Å²) in [6, 6.07) is 15.9. The lowest BCUT2D eigenvalue weighted by Gasteiger charge is -2.19. The van der Waals surface area contributed by atoms with Gasteiger partial charge in [-0.1, -0.05) is 24.3 Å². The molecule has 0 aliphatic carbocycles. The quantitative estimate of drug-likeness (QED) is 0.545. The Labute approximate surface area is 179 Å². The second kappa shape index (κ2) is 8.69. The maximum atomic E-state index is 12.7. The normalized spacial score (nSPS) is 14.5. The summed E-state index contributed by atoms with van der Waals surface area (Å²) >= 11 is 1.61. The SMILES string of the molecule is Nc1ccc(-c2cccs2)cc1NC(=O)c1ccc(C(O)C(=O)N2CCCC2)cc1. The molecule has 0 saturated carbocycles. The molecular formula is C23H23N3O3S. The molecule has 2 amide bonds. The van der Waals surface area contributed by atoms with Crippen molar-refractivity contribution in [2.75, 3.05) is 24.1 Å². The first-order valence-corrected chi connectivity index (χ1v) is 10.7. The van der Waals surface area contributed by atoms with E-state index in [1.165, 1.54) is 0 Å². The van der Waals surface area contributed by atoms with E-state index in [0.29, 0.717) is 35.6 Å². The average molecular weight is 422 g/mol. The number of nitrogens with zero attached hydrogens (tertiary/aromatic N) is 1. The Morgan fingerprint density at radius 1 is 1.07 bits per heavy atom. The van der Waals surface area contributed by atoms with Crippen molar-refractivity contribution in [3.63, 3.8) is 0 Å². The minimum atomic E-state index is -1.21. The maximum Gasteiger partial charge on any atom is 0.256 e. The number of carbonyl (C=O) groups excluding carboxylic acids is 2. The highest BCUT2D eigenvalue weighted by Crippen LogP contribution is 2.30.